The van der Waals surface area contributed by atoms with Crippen molar-refractivity contribution in [3.05, 3.63) is 40.7 Å². The zero-order valence-corrected chi connectivity index (χ0v) is 22.3. The summed E-state index contributed by atoms with van der Waals surface area (Å²) >= 11 is 0. The smallest absolute Gasteiger partial charge is 0.305 e. The number of carboxylic acid groups (broad SMARTS) is 1. The van der Waals surface area contributed by atoms with Crippen LogP contribution in [0, 0.1) is 23.6 Å². The average Bonchev–Trinajstić information content (AvgIpc) is 2.78. The standard InChI is InChI=1S/C27H42FO5P/c1-6-26(7-2)16-22(20-10-11-24(28)19(5)14-20)23(27(8-3,9-4)18-26)12-13-34(32,33)17-21(29)15-25(30)31/h10-11,14,21,29H,6-9,12-13,15-18H2,1-5H3,(H,30,31)(H,32,33)/t21-/m1/s1. The highest BCUT2D eigenvalue weighted by molar-refractivity contribution is 7.58. The lowest BCUT2D eigenvalue weighted by Crippen LogP contribution is -2.37. The topological polar surface area (TPSA) is 94.8 Å². The first-order valence-electron chi connectivity index (χ1n) is 12.6. The molecule has 1 unspecified atom stereocenters. The minimum Gasteiger partial charge on any atom is -0.481 e. The third-order valence-electron chi connectivity index (χ3n) is 8.25. The summed E-state index contributed by atoms with van der Waals surface area (Å²) in [5.41, 5.74) is 3.88. The zero-order chi connectivity index (χ0) is 25.7. The van der Waals surface area contributed by atoms with Crippen LogP contribution in [0.5, 0.6) is 0 Å². The number of aliphatic hydroxyl groups is 1. The molecule has 0 heterocycles. The maximum absolute atomic E-state index is 14.1. The molecule has 3 N–H and O–H groups in total. The van der Waals surface area contributed by atoms with Crippen molar-refractivity contribution in [3.63, 3.8) is 0 Å². The van der Waals surface area contributed by atoms with Crippen molar-refractivity contribution in [2.45, 2.75) is 92.1 Å². The Labute approximate surface area is 203 Å². The van der Waals surface area contributed by atoms with Gasteiger partial charge in [-0.05, 0) is 78.7 Å². The monoisotopic (exact) mass is 496 g/mol. The molecule has 1 aromatic carbocycles. The van der Waals surface area contributed by atoms with Crippen molar-refractivity contribution < 1.29 is 28.9 Å². The first kappa shape index (κ1) is 28.7. The third kappa shape index (κ3) is 6.59. The SMILES string of the molecule is CCC1(CC)CC(c2ccc(F)c(C)c2)=C(CCP(=O)(O)C[C@H](O)CC(=O)O)C(CC)(CC)C1. The van der Waals surface area contributed by atoms with Crippen LogP contribution in [-0.2, 0) is 9.36 Å². The maximum Gasteiger partial charge on any atom is 0.305 e. The van der Waals surface area contributed by atoms with Crippen molar-refractivity contribution in [2.75, 3.05) is 12.3 Å². The van der Waals surface area contributed by atoms with E-state index in [4.69, 9.17) is 5.11 Å². The lowest BCUT2D eigenvalue weighted by atomic mass is 9.55. The first-order chi connectivity index (χ1) is 15.9. The van der Waals surface area contributed by atoms with Crippen LogP contribution >= 0.6 is 7.37 Å². The Morgan fingerprint density at radius 2 is 1.76 bits per heavy atom. The number of hydrogen-bond acceptors (Lipinski definition) is 3. The number of halogens is 1. The van der Waals surface area contributed by atoms with Crippen LogP contribution in [0.25, 0.3) is 5.57 Å². The quantitative estimate of drug-likeness (QED) is 0.277. The second-order valence-corrected chi connectivity index (χ2v) is 12.7. The molecule has 0 fully saturated rings. The fraction of sp³-hybridized carbons (Fsp3) is 0.667. The summed E-state index contributed by atoms with van der Waals surface area (Å²) in [7, 11) is -3.74. The van der Waals surface area contributed by atoms with Crippen LogP contribution in [0.2, 0.25) is 0 Å². The molecule has 0 spiro atoms. The number of hydrogen-bond donors (Lipinski definition) is 3. The summed E-state index contributed by atoms with van der Waals surface area (Å²) in [6.07, 6.45) is 3.82. The van der Waals surface area contributed by atoms with Gasteiger partial charge in [0.2, 0.25) is 7.37 Å². The molecule has 0 bridgehead atoms. The molecule has 5 nitrogen and oxygen atoms in total. The Hall–Kier alpha value is -1.49. The van der Waals surface area contributed by atoms with Gasteiger partial charge in [0.1, 0.15) is 5.82 Å². The van der Waals surface area contributed by atoms with Gasteiger partial charge in [0.25, 0.3) is 0 Å². The minimum absolute atomic E-state index is 0.00428. The van der Waals surface area contributed by atoms with E-state index in [1.54, 1.807) is 6.92 Å². The summed E-state index contributed by atoms with van der Waals surface area (Å²) in [6, 6.07) is 5.21. The normalized spacial score (nSPS) is 20.1. The van der Waals surface area contributed by atoms with Crippen molar-refractivity contribution in [2.24, 2.45) is 10.8 Å². The van der Waals surface area contributed by atoms with Crippen LogP contribution < -0.4 is 0 Å². The summed E-state index contributed by atoms with van der Waals surface area (Å²) in [5, 5.41) is 18.8. The lowest BCUT2D eigenvalue weighted by Gasteiger charge is -2.50. The van der Waals surface area contributed by atoms with Gasteiger partial charge in [-0.3, -0.25) is 9.36 Å². The van der Waals surface area contributed by atoms with Crippen LogP contribution in [0.3, 0.4) is 0 Å². The zero-order valence-electron chi connectivity index (χ0n) is 21.4. The Morgan fingerprint density at radius 1 is 1.15 bits per heavy atom. The molecule has 1 aliphatic carbocycles. The molecule has 2 atom stereocenters. The second kappa shape index (κ2) is 11.5. The number of aliphatic carboxylic acids is 1. The number of aryl methyl sites for hydroxylation is 1. The van der Waals surface area contributed by atoms with Crippen molar-refractivity contribution in [1.82, 2.24) is 0 Å². The minimum atomic E-state index is -3.74. The number of carbonyl (C=O) groups is 1. The number of allylic oxidation sites excluding steroid dienone is 2. The van der Waals surface area contributed by atoms with Gasteiger partial charge in [-0.1, -0.05) is 52.2 Å². The van der Waals surface area contributed by atoms with Gasteiger partial charge in [-0.15, -0.1) is 0 Å². The van der Waals surface area contributed by atoms with Gasteiger partial charge in [0.15, 0.2) is 0 Å². The number of aliphatic hydroxyl groups excluding tert-OH is 1. The predicted molar refractivity (Wildman–Crippen MR) is 136 cm³/mol. The summed E-state index contributed by atoms with van der Waals surface area (Å²) in [6.45, 7) is 10.6. The van der Waals surface area contributed by atoms with E-state index in [9.17, 15) is 23.7 Å². The molecule has 0 radical (unpaired) electrons. The van der Waals surface area contributed by atoms with E-state index in [2.05, 4.69) is 27.7 Å². The van der Waals surface area contributed by atoms with Gasteiger partial charge >= 0.3 is 5.97 Å². The molecular weight excluding hydrogens is 454 g/mol. The van der Waals surface area contributed by atoms with E-state index in [1.165, 1.54) is 11.6 Å². The molecule has 0 amide bonds. The van der Waals surface area contributed by atoms with Gasteiger partial charge in [-0.2, -0.15) is 0 Å². The Bertz CT molecular complexity index is 946. The summed E-state index contributed by atoms with van der Waals surface area (Å²) in [4.78, 5) is 21.5. The van der Waals surface area contributed by atoms with E-state index in [-0.39, 0.29) is 22.8 Å². The molecule has 1 aromatic rings. The van der Waals surface area contributed by atoms with Crippen LogP contribution in [0.15, 0.2) is 23.8 Å². The van der Waals surface area contributed by atoms with E-state index in [1.807, 2.05) is 12.1 Å². The molecule has 0 aromatic heterocycles. The maximum atomic E-state index is 14.1. The fourth-order valence-corrected chi connectivity index (χ4v) is 7.41. The van der Waals surface area contributed by atoms with E-state index < -0.39 is 32.0 Å². The molecule has 2 rings (SSSR count). The van der Waals surface area contributed by atoms with E-state index in [0.29, 0.717) is 12.0 Å². The van der Waals surface area contributed by atoms with Crippen molar-refractivity contribution in [1.29, 1.82) is 0 Å². The molecule has 192 valence electrons. The van der Waals surface area contributed by atoms with Gasteiger partial charge in [0, 0.05) is 6.16 Å². The average molecular weight is 497 g/mol. The Balaban J connectivity index is 2.56. The Morgan fingerprint density at radius 3 is 2.26 bits per heavy atom. The molecular formula is C27H42FO5P. The van der Waals surface area contributed by atoms with Gasteiger partial charge in [0.05, 0.1) is 18.7 Å². The molecule has 0 saturated heterocycles. The van der Waals surface area contributed by atoms with E-state index in [0.717, 1.165) is 49.7 Å². The highest BCUT2D eigenvalue weighted by Gasteiger charge is 2.46. The van der Waals surface area contributed by atoms with Crippen LogP contribution in [0.1, 0.15) is 90.2 Å². The summed E-state index contributed by atoms with van der Waals surface area (Å²) < 4.78 is 27.0. The lowest BCUT2D eigenvalue weighted by molar-refractivity contribution is -0.138. The molecule has 0 saturated carbocycles. The predicted octanol–water partition coefficient (Wildman–Crippen LogP) is 6.79. The first-order valence-corrected chi connectivity index (χ1v) is 14.6. The van der Waals surface area contributed by atoms with E-state index >= 15 is 0 Å². The molecule has 7 heteroatoms. The number of rotatable bonds is 12. The summed E-state index contributed by atoms with van der Waals surface area (Å²) in [5.74, 6) is -1.44. The highest BCUT2D eigenvalue weighted by Crippen LogP contribution is 2.60. The van der Waals surface area contributed by atoms with Crippen LogP contribution in [0.4, 0.5) is 4.39 Å². The fourth-order valence-electron chi connectivity index (χ4n) is 5.86. The van der Waals surface area contributed by atoms with Gasteiger partial charge < -0.3 is 15.1 Å². The Kier molecular flexibility index (Phi) is 9.72. The number of carboxylic acids is 1. The molecule has 1 aliphatic rings. The van der Waals surface area contributed by atoms with Gasteiger partial charge in [-0.25, -0.2) is 4.39 Å². The third-order valence-corrected chi connectivity index (χ3v) is 10.2. The van der Waals surface area contributed by atoms with Crippen molar-refractivity contribution in [3.8, 4) is 0 Å². The molecule has 34 heavy (non-hydrogen) atoms. The van der Waals surface area contributed by atoms with Crippen molar-refractivity contribution >= 4 is 18.9 Å². The highest BCUT2D eigenvalue weighted by atomic mass is 31.2. The second-order valence-electron chi connectivity index (χ2n) is 10.2. The number of benzene rings is 1. The largest absolute Gasteiger partial charge is 0.481 e. The molecule has 0 aliphatic heterocycles. The van der Waals surface area contributed by atoms with Crippen LogP contribution in [-0.4, -0.2) is 39.5 Å².